The fourth-order valence-electron chi connectivity index (χ4n) is 3.54. The minimum Gasteiger partial charge on any atom is -0.439 e. The number of halogens is 1. The number of hydrogen-bond donors (Lipinski definition) is 1. The summed E-state index contributed by atoms with van der Waals surface area (Å²) in [4.78, 5) is 15.8. The Labute approximate surface area is 162 Å². The number of aromatic amines is 1. The molecule has 28 heavy (non-hydrogen) atoms. The lowest BCUT2D eigenvalue weighted by Gasteiger charge is -2.31. The van der Waals surface area contributed by atoms with Gasteiger partial charge in [0.05, 0.1) is 0 Å². The van der Waals surface area contributed by atoms with E-state index in [-0.39, 0.29) is 11.7 Å². The maximum Gasteiger partial charge on any atom is 0.228 e. The van der Waals surface area contributed by atoms with Crippen molar-refractivity contribution < 1.29 is 9.13 Å². The first kappa shape index (κ1) is 17.1. The SMILES string of the molecule is Fc1ccc(Oc2ccnc(N3CCCC(c4n[nH]c(C5CC5)n4)C3)n2)cc1. The molecule has 0 spiro atoms. The van der Waals surface area contributed by atoms with Gasteiger partial charge in [0, 0.05) is 37.2 Å². The van der Waals surface area contributed by atoms with Gasteiger partial charge in [-0.3, -0.25) is 5.10 Å². The third-order valence-corrected chi connectivity index (χ3v) is 5.21. The van der Waals surface area contributed by atoms with E-state index in [2.05, 4.69) is 25.1 Å². The van der Waals surface area contributed by atoms with Crippen LogP contribution in [0.5, 0.6) is 11.6 Å². The van der Waals surface area contributed by atoms with E-state index in [4.69, 9.17) is 9.72 Å². The van der Waals surface area contributed by atoms with Crippen LogP contribution < -0.4 is 9.64 Å². The molecule has 3 heterocycles. The zero-order valence-electron chi connectivity index (χ0n) is 15.4. The quantitative estimate of drug-likeness (QED) is 0.725. The first-order valence-electron chi connectivity index (χ1n) is 9.68. The molecule has 7 nitrogen and oxygen atoms in total. The average molecular weight is 380 g/mol. The predicted octanol–water partition coefficient (Wildman–Crippen LogP) is 3.79. The van der Waals surface area contributed by atoms with E-state index in [1.54, 1.807) is 24.4 Å². The van der Waals surface area contributed by atoms with Gasteiger partial charge < -0.3 is 9.64 Å². The molecule has 144 valence electrons. The molecule has 1 aliphatic carbocycles. The van der Waals surface area contributed by atoms with Gasteiger partial charge in [-0.25, -0.2) is 14.4 Å². The Morgan fingerprint density at radius 2 is 1.89 bits per heavy atom. The number of ether oxygens (including phenoxy) is 1. The van der Waals surface area contributed by atoms with Crippen LogP contribution in [0.15, 0.2) is 36.5 Å². The lowest BCUT2D eigenvalue weighted by molar-refractivity contribution is 0.453. The van der Waals surface area contributed by atoms with Gasteiger partial charge in [0.25, 0.3) is 0 Å². The van der Waals surface area contributed by atoms with Crippen LogP contribution in [0.2, 0.25) is 0 Å². The van der Waals surface area contributed by atoms with Gasteiger partial charge >= 0.3 is 0 Å². The molecule has 1 aromatic carbocycles. The number of nitrogens with zero attached hydrogens (tertiary/aromatic N) is 5. The van der Waals surface area contributed by atoms with Crippen molar-refractivity contribution in [2.24, 2.45) is 0 Å². The van der Waals surface area contributed by atoms with Crippen molar-refractivity contribution in [3.8, 4) is 11.6 Å². The van der Waals surface area contributed by atoms with Crippen LogP contribution >= 0.6 is 0 Å². The Morgan fingerprint density at radius 3 is 2.71 bits per heavy atom. The van der Waals surface area contributed by atoms with Gasteiger partial charge in [-0.2, -0.15) is 10.1 Å². The molecule has 5 rings (SSSR count). The molecule has 1 aliphatic heterocycles. The Kier molecular flexibility index (Phi) is 4.38. The summed E-state index contributed by atoms with van der Waals surface area (Å²) in [5, 5.41) is 7.55. The van der Waals surface area contributed by atoms with Crippen LogP contribution in [-0.2, 0) is 0 Å². The van der Waals surface area contributed by atoms with Crippen molar-refractivity contribution in [3.05, 3.63) is 54.0 Å². The summed E-state index contributed by atoms with van der Waals surface area (Å²) in [6, 6.07) is 7.58. The highest BCUT2D eigenvalue weighted by Gasteiger charge is 2.30. The Morgan fingerprint density at radius 1 is 1.04 bits per heavy atom. The highest BCUT2D eigenvalue weighted by Crippen LogP contribution is 2.38. The summed E-state index contributed by atoms with van der Waals surface area (Å²) < 4.78 is 18.8. The van der Waals surface area contributed by atoms with Crippen LogP contribution in [0.3, 0.4) is 0 Å². The second-order valence-corrected chi connectivity index (χ2v) is 7.39. The topological polar surface area (TPSA) is 79.8 Å². The maximum absolute atomic E-state index is 13.1. The largest absolute Gasteiger partial charge is 0.439 e. The first-order valence-corrected chi connectivity index (χ1v) is 9.68. The van der Waals surface area contributed by atoms with Crippen molar-refractivity contribution in [2.75, 3.05) is 18.0 Å². The van der Waals surface area contributed by atoms with E-state index in [0.29, 0.717) is 23.5 Å². The predicted molar refractivity (Wildman–Crippen MR) is 101 cm³/mol. The Hall–Kier alpha value is -3.03. The van der Waals surface area contributed by atoms with Crippen molar-refractivity contribution in [3.63, 3.8) is 0 Å². The lowest BCUT2D eigenvalue weighted by Crippen LogP contribution is -2.36. The molecule has 0 radical (unpaired) electrons. The summed E-state index contributed by atoms with van der Waals surface area (Å²) in [5.74, 6) is 4.06. The van der Waals surface area contributed by atoms with Crippen LogP contribution in [0.25, 0.3) is 0 Å². The third-order valence-electron chi connectivity index (χ3n) is 5.21. The van der Waals surface area contributed by atoms with Crippen LogP contribution in [0.4, 0.5) is 10.3 Å². The molecule has 8 heteroatoms. The standard InChI is InChI=1S/C20H21FN6O/c21-15-5-7-16(8-6-15)28-17-9-10-22-20(23-17)27-11-1-2-14(12-27)19-24-18(25-26-19)13-3-4-13/h5-10,13-14H,1-4,11-12H2,(H,24,25,26). The van der Waals surface area contributed by atoms with E-state index in [9.17, 15) is 4.39 Å². The van der Waals surface area contributed by atoms with Gasteiger partial charge in [0.1, 0.15) is 17.4 Å². The van der Waals surface area contributed by atoms with Crippen LogP contribution in [-0.4, -0.2) is 38.2 Å². The Balaban J connectivity index is 1.30. The van der Waals surface area contributed by atoms with Crippen LogP contribution in [0.1, 0.15) is 49.2 Å². The number of rotatable bonds is 5. The number of anilines is 1. The number of nitrogens with one attached hydrogen (secondary N) is 1. The number of hydrogen-bond acceptors (Lipinski definition) is 6. The lowest BCUT2D eigenvalue weighted by atomic mass is 9.97. The number of piperidine rings is 1. The number of aromatic nitrogens is 5. The summed E-state index contributed by atoms with van der Waals surface area (Å²) in [5.41, 5.74) is 0. The van der Waals surface area contributed by atoms with Gasteiger partial charge in [-0.05, 0) is 49.9 Å². The molecule has 1 atom stereocenters. The van der Waals surface area contributed by atoms with Crippen molar-refractivity contribution in [1.29, 1.82) is 0 Å². The van der Waals surface area contributed by atoms with E-state index >= 15 is 0 Å². The van der Waals surface area contributed by atoms with Crippen LogP contribution in [0, 0.1) is 5.82 Å². The third kappa shape index (κ3) is 3.67. The summed E-state index contributed by atoms with van der Waals surface area (Å²) in [6.45, 7) is 1.67. The highest BCUT2D eigenvalue weighted by molar-refractivity contribution is 5.35. The van der Waals surface area contributed by atoms with Gasteiger partial charge in [0.2, 0.25) is 11.8 Å². The molecule has 1 saturated carbocycles. The minimum absolute atomic E-state index is 0.266. The zero-order chi connectivity index (χ0) is 18.9. The number of H-pyrrole nitrogens is 1. The first-order chi connectivity index (χ1) is 13.7. The van der Waals surface area contributed by atoms with Gasteiger partial charge in [-0.15, -0.1) is 0 Å². The molecule has 0 amide bonds. The number of benzene rings is 1. The van der Waals surface area contributed by atoms with E-state index in [1.165, 1.54) is 25.0 Å². The van der Waals surface area contributed by atoms with Crippen molar-refractivity contribution in [2.45, 2.75) is 37.5 Å². The molecule has 0 bridgehead atoms. The molecule has 2 aliphatic rings. The van der Waals surface area contributed by atoms with E-state index in [0.717, 1.165) is 37.6 Å². The minimum atomic E-state index is -0.299. The molecule has 1 N–H and O–H groups in total. The molecule has 2 fully saturated rings. The normalized spacial score (nSPS) is 19.6. The molecule has 2 aromatic heterocycles. The average Bonchev–Trinajstić information content (AvgIpc) is 3.47. The monoisotopic (exact) mass is 380 g/mol. The van der Waals surface area contributed by atoms with E-state index in [1.807, 2.05) is 0 Å². The molecular formula is C20H21FN6O. The van der Waals surface area contributed by atoms with Crippen molar-refractivity contribution in [1.82, 2.24) is 25.1 Å². The molecular weight excluding hydrogens is 359 g/mol. The smallest absolute Gasteiger partial charge is 0.228 e. The summed E-state index contributed by atoms with van der Waals surface area (Å²) in [6.07, 6.45) is 6.19. The fourth-order valence-corrected chi connectivity index (χ4v) is 3.54. The summed E-state index contributed by atoms with van der Waals surface area (Å²) in [7, 11) is 0. The molecule has 1 unspecified atom stereocenters. The molecule has 1 saturated heterocycles. The van der Waals surface area contributed by atoms with E-state index < -0.39 is 0 Å². The van der Waals surface area contributed by atoms with Gasteiger partial charge in [0.15, 0.2) is 5.82 Å². The zero-order valence-corrected chi connectivity index (χ0v) is 15.4. The molecule has 3 aromatic rings. The summed E-state index contributed by atoms with van der Waals surface area (Å²) >= 11 is 0. The maximum atomic E-state index is 13.1. The van der Waals surface area contributed by atoms with Gasteiger partial charge in [-0.1, -0.05) is 0 Å². The Bertz CT molecular complexity index is 955. The second-order valence-electron chi connectivity index (χ2n) is 7.39. The highest BCUT2D eigenvalue weighted by atomic mass is 19.1. The van der Waals surface area contributed by atoms with Crippen molar-refractivity contribution >= 4 is 5.95 Å². The second kappa shape index (κ2) is 7.18. The fraction of sp³-hybridized carbons (Fsp3) is 0.400.